The number of anilines is 2. The largest absolute Gasteiger partial charge is 0.481 e. The summed E-state index contributed by atoms with van der Waals surface area (Å²) in [5.41, 5.74) is 3.35. The lowest BCUT2D eigenvalue weighted by Crippen LogP contribution is -2.07. The average Bonchev–Trinajstić information content (AvgIpc) is 3.13. The molecule has 7 nitrogen and oxygen atoms in total. The Kier molecular flexibility index (Phi) is 6.42. The first-order valence-electron chi connectivity index (χ1n) is 10.0. The van der Waals surface area contributed by atoms with Crippen LogP contribution in [0.2, 0.25) is 0 Å². The predicted octanol–water partition coefficient (Wildman–Crippen LogP) is 4.77. The molecule has 32 heavy (non-hydrogen) atoms. The quantitative estimate of drug-likeness (QED) is 0.375. The highest BCUT2D eigenvalue weighted by Crippen LogP contribution is 2.34. The molecule has 0 aliphatic carbocycles. The van der Waals surface area contributed by atoms with E-state index < -0.39 is 5.97 Å². The number of carboxylic acid groups (broad SMARTS) is 1. The minimum Gasteiger partial charge on any atom is -0.481 e. The predicted molar refractivity (Wildman–Crippen MR) is 124 cm³/mol. The van der Waals surface area contributed by atoms with Gasteiger partial charge < -0.3 is 15.2 Å². The number of hydrogen-bond acceptors (Lipinski definition) is 7. The van der Waals surface area contributed by atoms with E-state index in [0.717, 1.165) is 22.2 Å². The van der Waals surface area contributed by atoms with E-state index in [1.807, 2.05) is 37.3 Å². The number of aryl methyl sites for hydroxylation is 1. The maximum atomic E-state index is 12.7. The van der Waals surface area contributed by atoms with Gasteiger partial charge in [0.2, 0.25) is 0 Å². The van der Waals surface area contributed by atoms with Crippen molar-refractivity contribution in [2.75, 3.05) is 11.9 Å². The number of ether oxygens (including phenoxy) is 1. The fourth-order valence-corrected chi connectivity index (χ4v) is 4.39. The molecule has 4 aromatic rings. The van der Waals surface area contributed by atoms with Crippen molar-refractivity contribution < 1.29 is 19.4 Å². The van der Waals surface area contributed by atoms with Crippen molar-refractivity contribution in [1.29, 1.82) is 0 Å². The Labute approximate surface area is 188 Å². The fourth-order valence-electron chi connectivity index (χ4n) is 3.35. The zero-order chi connectivity index (χ0) is 22.5. The summed E-state index contributed by atoms with van der Waals surface area (Å²) in [5, 5.41) is 12.9. The van der Waals surface area contributed by atoms with E-state index >= 15 is 0 Å². The van der Waals surface area contributed by atoms with Gasteiger partial charge in [-0.05, 0) is 35.7 Å². The van der Waals surface area contributed by atoms with E-state index in [9.17, 15) is 9.59 Å². The number of aliphatic carboxylic acids is 1. The summed E-state index contributed by atoms with van der Waals surface area (Å²) in [6.45, 7) is 2.16. The Morgan fingerprint density at radius 1 is 1.03 bits per heavy atom. The summed E-state index contributed by atoms with van der Waals surface area (Å²) < 4.78 is 5.50. The smallest absolute Gasteiger partial charge is 0.348 e. The molecule has 0 unspecified atom stereocenters. The Morgan fingerprint density at radius 3 is 2.50 bits per heavy atom. The monoisotopic (exact) mass is 447 g/mol. The molecule has 2 aromatic heterocycles. The molecule has 0 atom stereocenters. The fraction of sp³-hybridized carbons (Fsp3) is 0.167. The van der Waals surface area contributed by atoms with E-state index in [2.05, 4.69) is 15.3 Å². The molecule has 0 amide bonds. The van der Waals surface area contributed by atoms with Crippen LogP contribution in [0, 0.1) is 6.92 Å². The number of rotatable bonds is 8. The molecule has 2 aromatic carbocycles. The van der Waals surface area contributed by atoms with Crippen molar-refractivity contribution in [3.63, 3.8) is 0 Å². The van der Waals surface area contributed by atoms with Gasteiger partial charge in [0.1, 0.15) is 21.9 Å². The molecule has 0 radical (unpaired) electrons. The van der Waals surface area contributed by atoms with Crippen LogP contribution in [0.3, 0.4) is 0 Å². The lowest BCUT2D eigenvalue weighted by molar-refractivity contribution is -0.136. The van der Waals surface area contributed by atoms with Gasteiger partial charge in [-0.15, -0.1) is 11.3 Å². The molecule has 0 aliphatic rings. The Bertz CT molecular complexity index is 1250. The van der Waals surface area contributed by atoms with Crippen molar-refractivity contribution >= 4 is 45.0 Å². The van der Waals surface area contributed by atoms with E-state index in [-0.39, 0.29) is 12.4 Å². The van der Waals surface area contributed by atoms with Crippen LogP contribution < -0.4 is 5.32 Å². The number of carbonyl (C=O) groups excluding carboxylic acids is 1. The van der Waals surface area contributed by atoms with Gasteiger partial charge in [-0.1, -0.05) is 42.5 Å². The van der Waals surface area contributed by atoms with Gasteiger partial charge in [-0.3, -0.25) is 4.79 Å². The van der Waals surface area contributed by atoms with E-state index in [1.54, 1.807) is 24.3 Å². The van der Waals surface area contributed by atoms with Crippen molar-refractivity contribution in [2.45, 2.75) is 19.8 Å². The first-order chi connectivity index (χ1) is 15.5. The summed E-state index contributed by atoms with van der Waals surface area (Å²) in [7, 11) is 0. The number of thiophene rings is 1. The number of nitrogens with zero attached hydrogens (tertiary/aromatic N) is 2. The molecule has 0 spiro atoms. The van der Waals surface area contributed by atoms with Crippen LogP contribution in [0.4, 0.5) is 11.5 Å². The molecule has 2 N–H and O–H groups in total. The Morgan fingerprint density at radius 2 is 1.78 bits per heavy atom. The van der Waals surface area contributed by atoms with Crippen LogP contribution >= 0.6 is 11.3 Å². The van der Waals surface area contributed by atoms with E-state index in [4.69, 9.17) is 9.84 Å². The molecular formula is C24H21N3O4S. The lowest BCUT2D eigenvalue weighted by atomic mass is 10.1. The Hall–Kier alpha value is -3.78. The zero-order valence-corrected chi connectivity index (χ0v) is 18.2. The van der Waals surface area contributed by atoms with Crippen LogP contribution in [0.25, 0.3) is 10.2 Å². The van der Waals surface area contributed by atoms with Gasteiger partial charge in [0, 0.05) is 12.1 Å². The van der Waals surface area contributed by atoms with Gasteiger partial charge in [0.15, 0.2) is 0 Å². The Balaban J connectivity index is 1.50. The second-order valence-corrected chi connectivity index (χ2v) is 8.22. The second kappa shape index (κ2) is 9.57. The third-order valence-corrected chi connectivity index (χ3v) is 6.13. The minimum atomic E-state index is -0.875. The number of hydrogen-bond donors (Lipinski definition) is 2. The number of esters is 1. The molecule has 0 aliphatic heterocycles. The maximum absolute atomic E-state index is 12.7. The maximum Gasteiger partial charge on any atom is 0.348 e. The van der Waals surface area contributed by atoms with Gasteiger partial charge in [-0.2, -0.15) is 0 Å². The average molecular weight is 448 g/mol. The molecule has 4 rings (SSSR count). The second-order valence-electron chi connectivity index (χ2n) is 7.22. The van der Waals surface area contributed by atoms with Crippen LogP contribution in [-0.4, -0.2) is 33.6 Å². The number of carboxylic acids is 1. The third-order valence-electron chi connectivity index (χ3n) is 4.95. The molecule has 162 valence electrons. The van der Waals surface area contributed by atoms with E-state index in [1.165, 1.54) is 17.7 Å². The highest BCUT2D eigenvalue weighted by molar-refractivity contribution is 7.20. The van der Waals surface area contributed by atoms with Gasteiger partial charge in [0.25, 0.3) is 0 Å². The number of nitrogens with one attached hydrogen (secondary N) is 1. The number of benzene rings is 2. The topological polar surface area (TPSA) is 101 Å². The molecule has 0 bridgehead atoms. The molecule has 0 saturated carbocycles. The van der Waals surface area contributed by atoms with Gasteiger partial charge in [0.05, 0.1) is 18.4 Å². The normalized spacial score (nSPS) is 10.8. The zero-order valence-electron chi connectivity index (χ0n) is 17.4. The summed E-state index contributed by atoms with van der Waals surface area (Å²) in [6.07, 6.45) is 2.07. The van der Waals surface area contributed by atoms with Crippen LogP contribution in [0.15, 0.2) is 60.9 Å². The molecule has 2 heterocycles. The van der Waals surface area contributed by atoms with E-state index in [0.29, 0.717) is 34.1 Å². The van der Waals surface area contributed by atoms with Gasteiger partial charge >= 0.3 is 11.9 Å². The number of carbonyl (C=O) groups is 2. The van der Waals surface area contributed by atoms with Crippen molar-refractivity contribution in [2.24, 2.45) is 0 Å². The molecule has 0 fully saturated rings. The SMILES string of the molecule is Cc1c(C(=O)OCCc2ccccc2)sc2ncnc(Nc3ccc(CC(=O)O)cc3)c12. The molecule has 0 saturated heterocycles. The highest BCUT2D eigenvalue weighted by Gasteiger charge is 2.20. The first-order valence-corrected chi connectivity index (χ1v) is 10.9. The number of aromatic nitrogens is 2. The van der Waals surface area contributed by atoms with Crippen LogP contribution in [0.5, 0.6) is 0 Å². The molecular weight excluding hydrogens is 426 g/mol. The van der Waals surface area contributed by atoms with Crippen molar-refractivity contribution in [3.8, 4) is 0 Å². The van der Waals surface area contributed by atoms with Crippen molar-refractivity contribution in [3.05, 3.63) is 82.5 Å². The summed E-state index contributed by atoms with van der Waals surface area (Å²) in [4.78, 5) is 33.4. The first kappa shape index (κ1) is 21.5. The van der Waals surface area contributed by atoms with Crippen LogP contribution in [0.1, 0.15) is 26.4 Å². The summed E-state index contributed by atoms with van der Waals surface area (Å²) in [5.74, 6) is -0.663. The highest BCUT2D eigenvalue weighted by atomic mass is 32.1. The van der Waals surface area contributed by atoms with Crippen molar-refractivity contribution in [1.82, 2.24) is 9.97 Å². The van der Waals surface area contributed by atoms with Gasteiger partial charge in [-0.25, -0.2) is 14.8 Å². The number of fused-ring (bicyclic) bond motifs is 1. The molecule has 8 heteroatoms. The summed E-state index contributed by atoms with van der Waals surface area (Å²) >= 11 is 1.28. The minimum absolute atomic E-state index is 0.0303. The third kappa shape index (κ3) is 4.92. The summed E-state index contributed by atoms with van der Waals surface area (Å²) in [6, 6.07) is 17.0. The lowest BCUT2D eigenvalue weighted by Gasteiger charge is -2.08. The standard InChI is InChI=1S/C24H21N3O4S/c1-15-20-22(27-18-9-7-17(8-10-18)13-19(28)29)25-14-26-23(20)32-21(15)24(30)31-12-11-16-5-3-2-4-6-16/h2-10,14H,11-13H2,1H3,(H,28,29)(H,25,26,27). The van der Waals surface area contributed by atoms with Crippen LogP contribution in [-0.2, 0) is 22.4 Å².